The molecule has 0 saturated carbocycles. The number of hydrogen-bond acceptors (Lipinski definition) is 4. The van der Waals surface area contributed by atoms with Gasteiger partial charge < -0.3 is 10.6 Å². The predicted octanol–water partition coefficient (Wildman–Crippen LogP) is 4.02. The molecule has 5 heteroatoms. The van der Waals surface area contributed by atoms with Gasteiger partial charge in [-0.05, 0) is 31.0 Å². The van der Waals surface area contributed by atoms with Crippen LogP contribution in [-0.4, -0.2) is 12.0 Å². The Morgan fingerprint density at radius 1 is 1.45 bits per heavy atom. The van der Waals surface area contributed by atoms with E-state index in [9.17, 15) is 0 Å². The molecule has 0 bridgehead atoms. The number of thiazole rings is 1. The van der Waals surface area contributed by atoms with E-state index in [1.54, 1.807) is 11.3 Å². The molecule has 1 unspecified atom stereocenters. The van der Waals surface area contributed by atoms with Crippen LogP contribution in [0.3, 0.4) is 0 Å². The lowest BCUT2D eigenvalue weighted by molar-refractivity contribution is 0.735. The van der Waals surface area contributed by atoms with Crippen LogP contribution in [0.2, 0.25) is 5.02 Å². The third-order valence-electron chi connectivity index (χ3n) is 3.50. The van der Waals surface area contributed by atoms with E-state index >= 15 is 0 Å². The lowest BCUT2D eigenvalue weighted by atomic mass is 10.1. The van der Waals surface area contributed by atoms with E-state index in [1.807, 2.05) is 18.2 Å². The first-order chi connectivity index (χ1) is 9.56. The van der Waals surface area contributed by atoms with Gasteiger partial charge in [0.1, 0.15) is 0 Å². The fraction of sp³-hybridized carbons (Fsp3) is 0.400. The highest BCUT2D eigenvalue weighted by Gasteiger charge is 2.17. The number of anilines is 1. The summed E-state index contributed by atoms with van der Waals surface area (Å²) in [5.74, 6) is 0. The van der Waals surface area contributed by atoms with Gasteiger partial charge in [0, 0.05) is 23.5 Å². The molecular weight excluding hydrogens is 290 g/mol. The Balaban J connectivity index is 2.26. The molecule has 0 saturated heterocycles. The number of rotatable bonds is 5. The molecule has 3 nitrogen and oxygen atoms in total. The maximum absolute atomic E-state index is 6.07. The van der Waals surface area contributed by atoms with Crippen molar-refractivity contribution in [2.45, 2.75) is 32.9 Å². The molecule has 1 aromatic heterocycles. The van der Waals surface area contributed by atoms with Crippen LogP contribution in [0.25, 0.3) is 0 Å². The number of nitrogens with two attached hydrogens (primary N) is 1. The molecule has 0 aliphatic rings. The minimum Gasteiger partial charge on any atom is -0.344 e. The van der Waals surface area contributed by atoms with Gasteiger partial charge in [0.05, 0.1) is 11.7 Å². The van der Waals surface area contributed by atoms with Crippen LogP contribution >= 0.6 is 22.9 Å². The van der Waals surface area contributed by atoms with Crippen LogP contribution in [0.4, 0.5) is 5.13 Å². The average Bonchev–Trinajstić information content (AvgIpc) is 2.89. The smallest absolute Gasteiger partial charge is 0.186 e. The molecule has 2 rings (SSSR count). The molecule has 0 amide bonds. The van der Waals surface area contributed by atoms with E-state index in [0.717, 1.165) is 22.3 Å². The van der Waals surface area contributed by atoms with Crippen LogP contribution < -0.4 is 10.6 Å². The number of aryl methyl sites for hydroxylation is 1. The SMILES string of the molecule is CCc1nc(N(C)C(C)c2cccc(Cl)c2)sc1CN. The third-order valence-corrected chi connectivity index (χ3v) is 4.95. The maximum atomic E-state index is 6.07. The molecule has 20 heavy (non-hydrogen) atoms. The average molecular weight is 310 g/mol. The normalized spacial score (nSPS) is 12.4. The van der Waals surface area contributed by atoms with Crippen molar-refractivity contribution in [3.05, 3.63) is 45.4 Å². The first kappa shape index (κ1) is 15.3. The molecule has 1 heterocycles. The van der Waals surface area contributed by atoms with Gasteiger partial charge in [-0.1, -0.05) is 30.7 Å². The molecule has 0 spiro atoms. The van der Waals surface area contributed by atoms with Crippen LogP contribution in [0, 0.1) is 0 Å². The summed E-state index contributed by atoms with van der Waals surface area (Å²) < 4.78 is 0. The minimum absolute atomic E-state index is 0.218. The molecule has 0 fully saturated rings. The highest BCUT2D eigenvalue weighted by atomic mass is 35.5. The summed E-state index contributed by atoms with van der Waals surface area (Å²) in [6.07, 6.45) is 0.919. The molecule has 0 radical (unpaired) electrons. The predicted molar refractivity (Wildman–Crippen MR) is 87.7 cm³/mol. The Hall–Kier alpha value is -1.10. The summed E-state index contributed by atoms with van der Waals surface area (Å²) in [6, 6.07) is 8.18. The van der Waals surface area contributed by atoms with Gasteiger partial charge in [0.25, 0.3) is 0 Å². The monoisotopic (exact) mass is 309 g/mol. The van der Waals surface area contributed by atoms with Crippen molar-refractivity contribution < 1.29 is 0 Å². The quantitative estimate of drug-likeness (QED) is 0.907. The first-order valence-corrected chi connectivity index (χ1v) is 7.93. The largest absolute Gasteiger partial charge is 0.344 e. The van der Waals surface area contributed by atoms with Crippen molar-refractivity contribution in [2.75, 3.05) is 11.9 Å². The van der Waals surface area contributed by atoms with Crippen molar-refractivity contribution in [1.82, 2.24) is 4.98 Å². The van der Waals surface area contributed by atoms with E-state index in [2.05, 4.69) is 31.9 Å². The summed E-state index contributed by atoms with van der Waals surface area (Å²) in [6.45, 7) is 4.82. The lowest BCUT2D eigenvalue weighted by Gasteiger charge is -2.24. The summed E-state index contributed by atoms with van der Waals surface area (Å²) in [7, 11) is 2.06. The van der Waals surface area contributed by atoms with Crippen molar-refractivity contribution in [1.29, 1.82) is 0 Å². The fourth-order valence-electron chi connectivity index (χ4n) is 2.11. The summed E-state index contributed by atoms with van der Waals surface area (Å²) in [5, 5.41) is 1.77. The summed E-state index contributed by atoms with van der Waals surface area (Å²) in [5.41, 5.74) is 8.07. The van der Waals surface area contributed by atoms with Crippen molar-refractivity contribution in [3.8, 4) is 0 Å². The molecule has 0 aliphatic heterocycles. The Morgan fingerprint density at radius 2 is 2.20 bits per heavy atom. The first-order valence-electron chi connectivity index (χ1n) is 6.73. The Bertz CT molecular complexity index is 561. The summed E-state index contributed by atoms with van der Waals surface area (Å²) >= 11 is 7.74. The Kier molecular flexibility index (Phi) is 5.02. The van der Waals surface area contributed by atoms with E-state index < -0.39 is 0 Å². The second kappa shape index (κ2) is 6.57. The van der Waals surface area contributed by atoms with Crippen molar-refractivity contribution in [3.63, 3.8) is 0 Å². The van der Waals surface area contributed by atoms with Gasteiger partial charge in [-0.25, -0.2) is 4.98 Å². The van der Waals surface area contributed by atoms with Gasteiger partial charge >= 0.3 is 0 Å². The van der Waals surface area contributed by atoms with E-state index in [0.29, 0.717) is 6.54 Å². The standard InChI is InChI=1S/C15H20ClN3S/c1-4-13-14(9-17)20-15(18-13)19(3)10(2)11-6-5-7-12(16)8-11/h5-8,10H,4,9,17H2,1-3H3. The molecule has 1 atom stereocenters. The molecule has 108 valence electrons. The zero-order valence-corrected chi connectivity index (χ0v) is 13.6. The minimum atomic E-state index is 0.218. The number of benzene rings is 1. The van der Waals surface area contributed by atoms with Gasteiger partial charge in [0.2, 0.25) is 0 Å². The highest BCUT2D eigenvalue weighted by molar-refractivity contribution is 7.15. The van der Waals surface area contributed by atoms with Crippen molar-refractivity contribution in [2.24, 2.45) is 5.73 Å². The molecular formula is C15H20ClN3S. The van der Waals surface area contributed by atoms with Crippen LogP contribution in [0.1, 0.15) is 36.0 Å². The van der Waals surface area contributed by atoms with Gasteiger partial charge in [-0.2, -0.15) is 0 Å². The zero-order valence-electron chi connectivity index (χ0n) is 12.1. The van der Waals surface area contributed by atoms with Gasteiger partial charge in [0.15, 0.2) is 5.13 Å². The second-order valence-electron chi connectivity index (χ2n) is 4.77. The van der Waals surface area contributed by atoms with Gasteiger partial charge in [-0.15, -0.1) is 11.3 Å². The van der Waals surface area contributed by atoms with Crippen LogP contribution in [-0.2, 0) is 13.0 Å². The number of aromatic nitrogens is 1. The molecule has 2 aromatic rings. The molecule has 1 aromatic carbocycles. The highest BCUT2D eigenvalue weighted by Crippen LogP contribution is 2.31. The van der Waals surface area contributed by atoms with Gasteiger partial charge in [-0.3, -0.25) is 0 Å². The summed E-state index contributed by atoms with van der Waals surface area (Å²) in [4.78, 5) is 8.05. The maximum Gasteiger partial charge on any atom is 0.186 e. The van der Waals surface area contributed by atoms with Crippen molar-refractivity contribution >= 4 is 28.1 Å². The number of hydrogen-bond donors (Lipinski definition) is 1. The topological polar surface area (TPSA) is 42.2 Å². The second-order valence-corrected chi connectivity index (χ2v) is 6.26. The van der Waals surface area contributed by atoms with E-state index in [-0.39, 0.29) is 6.04 Å². The van der Waals surface area contributed by atoms with Crippen LogP contribution in [0.15, 0.2) is 24.3 Å². The van der Waals surface area contributed by atoms with E-state index in [1.165, 1.54) is 10.4 Å². The van der Waals surface area contributed by atoms with E-state index in [4.69, 9.17) is 22.3 Å². The fourth-order valence-corrected chi connectivity index (χ4v) is 3.38. The zero-order chi connectivity index (χ0) is 14.7. The Morgan fingerprint density at radius 3 is 2.75 bits per heavy atom. The number of halogens is 1. The lowest BCUT2D eigenvalue weighted by Crippen LogP contribution is -2.21. The third kappa shape index (κ3) is 3.14. The molecule has 0 aliphatic carbocycles. The molecule has 2 N–H and O–H groups in total. The Labute approximate surface area is 129 Å². The van der Waals surface area contributed by atoms with Crippen LogP contribution in [0.5, 0.6) is 0 Å². The number of nitrogens with zero attached hydrogens (tertiary/aromatic N) is 2.